The first-order valence-electron chi connectivity index (χ1n) is 10.3. The van der Waals surface area contributed by atoms with Gasteiger partial charge in [0.2, 0.25) is 5.89 Å². The van der Waals surface area contributed by atoms with E-state index in [0.29, 0.717) is 23.8 Å². The summed E-state index contributed by atoms with van der Waals surface area (Å²) >= 11 is 5.45. The van der Waals surface area contributed by atoms with Gasteiger partial charge in [0.25, 0.3) is 4.84 Å². The van der Waals surface area contributed by atoms with E-state index in [-0.39, 0.29) is 6.04 Å². The SMILES string of the molecule is COc1ccc(Cc2nn(CN3CCCC3c3ccc(OC)cc3OC)c(=S)o2)cc1. The van der Waals surface area contributed by atoms with Crippen LogP contribution in [0.25, 0.3) is 0 Å². The van der Waals surface area contributed by atoms with Gasteiger partial charge >= 0.3 is 0 Å². The monoisotopic (exact) mass is 441 g/mol. The fourth-order valence-corrected chi connectivity index (χ4v) is 4.24. The van der Waals surface area contributed by atoms with Crippen LogP contribution in [0.5, 0.6) is 17.2 Å². The predicted molar refractivity (Wildman–Crippen MR) is 119 cm³/mol. The highest BCUT2D eigenvalue weighted by molar-refractivity contribution is 7.71. The summed E-state index contributed by atoms with van der Waals surface area (Å²) in [6, 6.07) is 14.1. The molecule has 0 aliphatic carbocycles. The van der Waals surface area contributed by atoms with Crippen LogP contribution in [0, 0.1) is 4.84 Å². The van der Waals surface area contributed by atoms with Gasteiger partial charge in [-0.3, -0.25) is 4.90 Å². The molecule has 2 heterocycles. The molecule has 2 aromatic carbocycles. The lowest BCUT2D eigenvalue weighted by Crippen LogP contribution is -2.27. The van der Waals surface area contributed by atoms with Gasteiger partial charge in [-0.15, -0.1) is 5.10 Å². The van der Waals surface area contributed by atoms with Crippen LogP contribution in [-0.4, -0.2) is 42.6 Å². The summed E-state index contributed by atoms with van der Waals surface area (Å²) in [5, 5.41) is 4.63. The lowest BCUT2D eigenvalue weighted by atomic mass is 10.0. The molecule has 0 amide bonds. The van der Waals surface area contributed by atoms with Crippen molar-refractivity contribution in [2.45, 2.75) is 32.0 Å². The van der Waals surface area contributed by atoms with E-state index in [4.69, 9.17) is 30.8 Å². The molecule has 1 saturated heterocycles. The van der Waals surface area contributed by atoms with E-state index in [2.05, 4.69) is 16.1 Å². The zero-order valence-corrected chi connectivity index (χ0v) is 18.9. The van der Waals surface area contributed by atoms with E-state index in [0.717, 1.165) is 47.8 Å². The first kappa shape index (κ1) is 21.4. The number of hydrogen-bond acceptors (Lipinski definition) is 7. The van der Waals surface area contributed by atoms with E-state index >= 15 is 0 Å². The van der Waals surface area contributed by atoms with E-state index in [1.807, 2.05) is 36.4 Å². The van der Waals surface area contributed by atoms with Crippen molar-refractivity contribution in [3.63, 3.8) is 0 Å². The number of benzene rings is 2. The number of nitrogens with zero attached hydrogens (tertiary/aromatic N) is 3. The molecule has 1 aliphatic rings. The molecule has 31 heavy (non-hydrogen) atoms. The molecule has 1 fully saturated rings. The topological polar surface area (TPSA) is 61.9 Å². The summed E-state index contributed by atoms with van der Waals surface area (Å²) < 4.78 is 23.7. The van der Waals surface area contributed by atoms with Gasteiger partial charge in [-0.25, -0.2) is 4.68 Å². The molecular weight excluding hydrogens is 414 g/mol. The maximum Gasteiger partial charge on any atom is 0.288 e. The van der Waals surface area contributed by atoms with Gasteiger partial charge in [0.1, 0.15) is 17.2 Å². The minimum Gasteiger partial charge on any atom is -0.497 e. The number of rotatable bonds is 8. The zero-order valence-electron chi connectivity index (χ0n) is 18.0. The molecule has 0 bridgehead atoms. The van der Waals surface area contributed by atoms with Crippen LogP contribution in [0.15, 0.2) is 46.9 Å². The molecule has 4 rings (SSSR count). The summed E-state index contributed by atoms with van der Waals surface area (Å²) in [4.78, 5) is 2.75. The normalized spacial score (nSPS) is 16.4. The minimum atomic E-state index is 0.226. The van der Waals surface area contributed by atoms with Crippen molar-refractivity contribution in [3.8, 4) is 17.2 Å². The molecule has 0 radical (unpaired) electrons. The lowest BCUT2D eigenvalue weighted by molar-refractivity contribution is 0.184. The Balaban J connectivity index is 1.50. The van der Waals surface area contributed by atoms with E-state index in [1.165, 1.54) is 0 Å². The van der Waals surface area contributed by atoms with Crippen LogP contribution >= 0.6 is 12.2 Å². The molecule has 0 N–H and O–H groups in total. The molecule has 1 aromatic heterocycles. The fourth-order valence-electron chi connectivity index (χ4n) is 4.04. The average Bonchev–Trinajstić information content (AvgIpc) is 3.40. The second kappa shape index (κ2) is 9.53. The van der Waals surface area contributed by atoms with Crippen LogP contribution in [0.2, 0.25) is 0 Å². The highest BCUT2D eigenvalue weighted by Gasteiger charge is 2.29. The first-order chi connectivity index (χ1) is 15.1. The molecule has 1 unspecified atom stereocenters. The molecule has 1 aliphatic heterocycles. The van der Waals surface area contributed by atoms with Crippen molar-refractivity contribution < 1.29 is 18.6 Å². The molecule has 8 heteroatoms. The molecule has 3 aromatic rings. The molecule has 0 saturated carbocycles. The second-order valence-corrected chi connectivity index (χ2v) is 7.86. The van der Waals surface area contributed by atoms with Crippen molar-refractivity contribution in [2.24, 2.45) is 0 Å². The first-order valence-corrected chi connectivity index (χ1v) is 10.7. The second-order valence-electron chi connectivity index (χ2n) is 7.51. The molecule has 7 nitrogen and oxygen atoms in total. The van der Waals surface area contributed by atoms with Crippen LogP contribution in [-0.2, 0) is 13.1 Å². The summed E-state index contributed by atoms with van der Waals surface area (Å²) in [5.41, 5.74) is 2.24. The number of ether oxygens (including phenoxy) is 3. The number of hydrogen-bond donors (Lipinski definition) is 0. The van der Waals surface area contributed by atoms with Crippen molar-refractivity contribution >= 4 is 12.2 Å². The van der Waals surface area contributed by atoms with Crippen molar-refractivity contribution in [1.29, 1.82) is 0 Å². The Kier molecular flexibility index (Phi) is 6.58. The Morgan fingerprint density at radius 2 is 1.77 bits per heavy atom. The van der Waals surface area contributed by atoms with Gasteiger partial charge in [0.05, 0.1) is 34.4 Å². The van der Waals surface area contributed by atoms with Crippen LogP contribution in [0.4, 0.5) is 0 Å². The number of methoxy groups -OCH3 is 3. The summed E-state index contributed by atoms with van der Waals surface area (Å²) in [7, 11) is 5.01. The average molecular weight is 442 g/mol. The smallest absolute Gasteiger partial charge is 0.288 e. The summed E-state index contributed by atoms with van der Waals surface area (Å²) in [6.07, 6.45) is 2.73. The van der Waals surface area contributed by atoms with Crippen LogP contribution in [0.3, 0.4) is 0 Å². The van der Waals surface area contributed by atoms with Gasteiger partial charge < -0.3 is 18.6 Å². The highest BCUT2D eigenvalue weighted by atomic mass is 32.1. The molecule has 1 atom stereocenters. The zero-order chi connectivity index (χ0) is 21.8. The fraction of sp³-hybridized carbons (Fsp3) is 0.391. The van der Waals surface area contributed by atoms with Crippen molar-refractivity contribution in [3.05, 3.63) is 64.3 Å². The standard InChI is InChI=1S/C23H27N3O4S/c1-27-17-8-6-16(7-9-17)13-22-24-26(23(31)30-22)15-25-12-4-5-20(25)19-11-10-18(28-2)14-21(19)29-3/h6-11,14,20H,4-5,12-13,15H2,1-3H3. The Labute approximate surface area is 187 Å². The Bertz CT molecular complexity index is 1080. The maximum absolute atomic E-state index is 5.77. The van der Waals surface area contributed by atoms with Gasteiger partial charge in [-0.05, 0) is 48.8 Å². The largest absolute Gasteiger partial charge is 0.497 e. The van der Waals surface area contributed by atoms with E-state index in [1.54, 1.807) is 26.0 Å². The third-order valence-electron chi connectivity index (χ3n) is 5.64. The summed E-state index contributed by atoms with van der Waals surface area (Å²) in [5.74, 6) is 3.05. The molecular formula is C23H27N3O4S. The highest BCUT2D eigenvalue weighted by Crippen LogP contribution is 2.38. The van der Waals surface area contributed by atoms with Gasteiger partial charge in [0.15, 0.2) is 0 Å². The summed E-state index contributed by atoms with van der Waals surface area (Å²) in [6.45, 7) is 1.53. The van der Waals surface area contributed by atoms with Crippen molar-refractivity contribution in [1.82, 2.24) is 14.7 Å². The number of aromatic nitrogens is 2. The predicted octanol–water partition coefficient (Wildman–Crippen LogP) is 4.62. The van der Waals surface area contributed by atoms with Crippen molar-refractivity contribution in [2.75, 3.05) is 27.9 Å². The third kappa shape index (κ3) is 4.75. The van der Waals surface area contributed by atoms with Gasteiger partial charge in [-0.1, -0.05) is 18.2 Å². The molecule has 0 spiro atoms. The van der Waals surface area contributed by atoms with Crippen LogP contribution < -0.4 is 14.2 Å². The third-order valence-corrected chi connectivity index (χ3v) is 5.94. The maximum atomic E-state index is 5.77. The molecule has 164 valence electrons. The number of likely N-dealkylation sites (tertiary alicyclic amines) is 1. The quantitative estimate of drug-likeness (QED) is 0.473. The van der Waals surface area contributed by atoms with Gasteiger partial charge in [-0.2, -0.15) is 0 Å². The lowest BCUT2D eigenvalue weighted by Gasteiger charge is -2.25. The Hall–Kier alpha value is -2.84. The Morgan fingerprint density at radius 3 is 2.48 bits per heavy atom. The van der Waals surface area contributed by atoms with E-state index in [9.17, 15) is 0 Å². The minimum absolute atomic E-state index is 0.226. The van der Waals surface area contributed by atoms with E-state index < -0.39 is 0 Å². The van der Waals surface area contributed by atoms with Gasteiger partial charge in [0, 0.05) is 24.2 Å². The Morgan fingerprint density at radius 1 is 1.03 bits per heavy atom. The van der Waals surface area contributed by atoms with Crippen LogP contribution in [0.1, 0.15) is 35.9 Å².